The van der Waals surface area contributed by atoms with E-state index < -0.39 is 0 Å². The number of allylic oxidation sites excluding steroid dienone is 1. The topological polar surface area (TPSA) is 17.1 Å². The molecule has 1 heteroatoms. The van der Waals surface area contributed by atoms with E-state index in [1.165, 1.54) is 56.9 Å². The Kier molecular flexibility index (Phi) is 7.18. The van der Waals surface area contributed by atoms with Crippen molar-refractivity contribution < 1.29 is 4.79 Å². The van der Waals surface area contributed by atoms with E-state index in [0.717, 1.165) is 43.4 Å². The molecule has 0 spiro atoms. The first-order valence-electron chi connectivity index (χ1n) is 9.79. The molecule has 0 heterocycles. The molecule has 2 aliphatic rings. The molecule has 126 valence electrons. The van der Waals surface area contributed by atoms with Crippen molar-refractivity contribution in [3.05, 3.63) is 12.2 Å². The average molecular weight is 305 g/mol. The molecule has 2 fully saturated rings. The second-order valence-electron chi connectivity index (χ2n) is 8.07. The lowest BCUT2D eigenvalue weighted by Gasteiger charge is -2.39. The summed E-state index contributed by atoms with van der Waals surface area (Å²) in [6, 6.07) is 0. The van der Waals surface area contributed by atoms with E-state index in [1.54, 1.807) is 0 Å². The lowest BCUT2D eigenvalue weighted by molar-refractivity contribution is -0.122. The summed E-state index contributed by atoms with van der Waals surface area (Å²) in [5, 5.41) is 0. The van der Waals surface area contributed by atoms with Crippen molar-refractivity contribution in [3.8, 4) is 0 Å². The fourth-order valence-corrected chi connectivity index (χ4v) is 4.65. The lowest BCUT2D eigenvalue weighted by Crippen LogP contribution is -2.27. The molecule has 0 saturated heterocycles. The fourth-order valence-electron chi connectivity index (χ4n) is 4.65. The zero-order valence-electron chi connectivity index (χ0n) is 14.9. The maximum absolute atomic E-state index is 11.9. The Morgan fingerprint density at radius 2 is 1.82 bits per heavy atom. The normalized spacial score (nSPS) is 29.6. The number of hydrogen-bond acceptors (Lipinski definition) is 1. The number of carbonyl (C=O) groups is 1. The zero-order valence-corrected chi connectivity index (χ0v) is 14.9. The van der Waals surface area contributed by atoms with Crippen LogP contribution in [0.4, 0.5) is 0 Å². The van der Waals surface area contributed by atoms with Gasteiger partial charge in [0.1, 0.15) is 5.78 Å². The van der Waals surface area contributed by atoms with Crippen molar-refractivity contribution in [1.29, 1.82) is 0 Å². The Morgan fingerprint density at radius 1 is 1.09 bits per heavy atom. The third-order valence-corrected chi connectivity index (χ3v) is 6.34. The summed E-state index contributed by atoms with van der Waals surface area (Å²) in [7, 11) is 0. The summed E-state index contributed by atoms with van der Waals surface area (Å²) in [4.78, 5) is 11.9. The molecule has 1 nitrogen and oxygen atoms in total. The minimum atomic E-state index is 0.245. The number of Topliss-reactive ketones (excluding diaryl/α,β-unsaturated/α-hetero) is 1. The number of rotatable bonds is 8. The van der Waals surface area contributed by atoms with Crippen molar-refractivity contribution in [3.63, 3.8) is 0 Å². The number of hydrogen-bond donors (Lipinski definition) is 0. The van der Waals surface area contributed by atoms with E-state index >= 15 is 0 Å². The number of ketones is 1. The molecule has 0 aromatic rings. The molecule has 0 bridgehead atoms. The van der Waals surface area contributed by atoms with Crippen LogP contribution in [0.3, 0.4) is 0 Å². The van der Waals surface area contributed by atoms with Crippen molar-refractivity contribution in [2.75, 3.05) is 0 Å². The fraction of sp³-hybridized carbons (Fsp3) is 0.857. The van der Waals surface area contributed by atoms with Crippen LogP contribution in [0.2, 0.25) is 0 Å². The highest BCUT2D eigenvalue weighted by molar-refractivity contribution is 5.80. The van der Waals surface area contributed by atoms with Gasteiger partial charge in [0.15, 0.2) is 0 Å². The molecule has 0 aliphatic heterocycles. The Labute approximate surface area is 137 Å². The van der Waals surface area contributed by atoms with Crippen LogP contribution in [-0.2, 0) is 4.79 Å². The maximum atomic E-state index is 11.9. The molecule has 4 unspecified atom stereocenters. The molecule has 0 N–H and O–H groups in total. The van der Waals surface area contributed by atoms with Crippen molar-refractivity contribution >= 4 is 5.78 Å². The number of carbonyl (C=O) groups excluding carboxylic acids is 1. The maximum Gasteiger partial charge on any atom is 0.135 e. The highest BCUT2D eigenvalue weighted by Gasteiger charge is 2.32. The Balaban J connectivity index is 1.64. The van der Waals surface area contributed by atoms with Crippen LogP contribution in [0, 0.1) is 23.7 Å². The van der Waals surface area contributed by atoms with E-state index in [0.29, 0.717) is 5.78 Å². The molecular formula is C21H36O. The van der Waals surface area contributed by atoms with Crippen molar-refractivity contribution in [1.82, 2.24) is 0 Å². The Bertz CT molecular complexity index is 370. The summed E-state index contributed by atoms with van der Waals surface area (Å²) in [6.45, 7) is 8.46. The summed E-state index contributed by atoms with van der Waals surface area (Å²) in [6.07, 6.45) is 15.3. The van der Waals surface area contributed by atoms with Gasteiger partial charge in [-0.15, -0.1) is 0 Å². The molecule has 2 saturated carbocycles. The molecular weight excluding hydrogens is 268 g/mol. The first-order valence-corrected chi connectivity index (χ1v) is 9.79. The number of fused-ring (bicyclic) bond motifs is 1. The van der Waals surface area contributed by atoms with Gasteiger partial charge in [-0.2, -0.15) is 0 Å². The minimum Gasteiger partial charge on any atom is -0.299 e. The van der Waals surface area contributed by atoms with Gasteiger partial charge in [0.2, 0.25) is 0 Å². The highest BCUT2D eigenvalue weighted by Crippen LogP contribution is 2.44. The van der Waals surface area contributed by atoms with E-state index in [9.17, 15) is 4.79 Å². The molecule has 22 heavy (non-hydrogen) atoms. The summed E-state index contributed by atoms with van der Waals surface area (Å²) in [5.74, 6) is 3.64. The summed E-state index contributed by atoms with van der Waals surface area (Å²) >= 11 is 0. The van der Waals surface area contributed by atoms with Gasteiger partial charge in [0.25, 0.3) is 0 Å². The predicted molar refractivity (Wildman–Crippen MR) is 94.9 cm³/mol. The molecule has 4 atom stereocenters. The first-order chi connectivity index (χ1) is 10.6. The van der Waals surface area contributed by atoms with Gasteiger partial charge in [-0.25, -0.2) is 0 Å². The predicted octanol–water partition coefficient (Wildman–Crippen LogP) is 6.32. The minimum absolute atomic E-state index is 0.245. The first kappa shape index (κ1) is 17.8. The molecule has 2 aliphatic carbocycles. The average Bonchev–Trinajstić information content (AvgIpc) is 2.53. The van der Waals surface area contributed by atoms with Gasteiger partial charge in [0, 0.05) is 12.3 Å². The SMILES string of the molecule is C=C(CCCC(=O)C(C)CC)CC1CCC2CCCCC2C1. The van der Waals surface area contributed by atoms with Crippen LogP contribution < -0.4 is 0 Å². The standard InChI is InChI=1S/C21H36O/c1-4-17(3)21(22)11-7-8-16(2)14-18-12-13-19-9-5-6-10-20(19)15-18/h17-20H,2,4-15H2,1,3H3. The molecule has 2 rings (SSSR count). The Morgan fingerprint density at radius 3 is 2.55 bits per heavy atom. The molecule has 0 amide bonds. The van der Waals surface area contributed by atoms with Crippen molar-refractivity contribution in [2.45, 2.75) is 90.9 Å². The van der Waals surface area contributed by atoms with Crippen LogP contribution >= 0.6 is 0 Å². The van der Waals surface area contributed by atoms with E-state index in [2.05, 4.69) is 20.4 Å². The lowest BCUT2D eigenvalue weighted by atomic mass is 9.66. The Hall–Kier alpha value is -0.590. The van der Waals surface area contributed by atoms with E-state index in [1.807, 2.05) is 0 Å². The third kappa shape index (κ3) is 5.25. The van der Waals surface area contributed by atoms with Gasteiger partial charge in [-0.05, 0) is 62.7 Å². The quantitative estimate of drug-likeness (QED) is 0.479. The second kappa shape index (κ2) is 8.89. The van der Waals surface area contributed by atoms with Crippen LogP contribution in [0.25, 0.3) is 0 Å². The largest absolute Gasteiger partial charge is 0.299 e. The van der Waals surface area contributed by atoms with Gasteiger partial charge >= 0.3 is 0 Å². The third-order valence-electron chi connectivity index (χ3n) is 6.34. The summed E-state index contributed by atoms with van der Waals surface area (Å²) in [5.41, 5.74) is 1.40. The highest BCUT2D eigenvalue weighted by atomic mass is 16.1. The van der Waals surface area contributed by atoms with Gasteiger partial charge in [-0.1, -0.05) is 51.7 Å². The smallest absolute Gasteiger partial charge is 0.135 e. The molecule has 0 aromatic heterocycles. The monoisotopic (exact) mass is 304 g/mol. The van der Waals surface area contributed by atoms with E-state index in [4.69, 9.17) is 0 Å². The molecule has 0 radical (unpaired) electrons. The van der Waals surface area contributed by atoms with Gasteiger partial charge in [-0.3, -0.25) is 4.79 Å². The summed E-state index contributed by atoms with van der Waals surface area (Å²) < 4.78 is 0. The van der Waals surface area contributed by atoms with Crippen LogP contribution in [0.1, 0.15) is 90.9 Å². The van der Waals surface area contributed by atoms with Crippen molar-refractivity contribution in [2.24, 2.45) is 23.7 Å². The van der Waals surface area contributed by atoms with Crippen LogP contribution in [0.15, 0.2) is 12.2 Å². The van der Waals surface area contributed by atoms with E-state index in [-0.39, 0.29) is 5.92 Å². The molecule has 0 aromatic carbocycles. The van der Waals surface area contributed by atoms with Gasteiger partial charge in [0.05, 0.1) is 0 Å². The zero-order chi connectivity index (χ0) is 15.9. The van der Waals surface area contributed by atoms with Crippen LogP contribution in [-0.4, -0.2) is 5.78 Å². The van der Waals surface area contributed by atoms with Crippen LogP contribution in [0.5, 0.6) is 0 Å². The van der Waals surface area contributed by atoms with Gasteiger partial charge < -0.3 is 0 Å². The second-order valence-corrected chi connectivity index (χ2v) is 8.07.